The van der Waals surface area contributed by atoms with E-state index in [1.807, 2.05) is 12.1 Å². The number of hydrogen-bond donors (Lipinski definition) is 2. The largest absolute Gasteiger partial charge is 0.337 e. The molecule has 0 radical (unpaired) electrons. The number of likely N-dealkylation sites (tertiary alicyclic amines) is 1. The number of benzene rings is 1. The maximum Gasteiger partial charge on any atom is 0.178 e. The Labute approximate surface area is 163 Å². The fourth-order valence-corrected chi connectivity index (χ4v) is 4.08. The van der Waals surface area contributed by atoms with E-state index in [4.69, 9.17) is 5.10 Å². The predicted octanol–water partition coefficient (Wildman–Crippen LogP) is 3.85. The van der Waals surface area contributed by atoms with Crippen LogP contribution in [0.25, 0.3) is 21.9 Å². The monoisotopic (exact) mass is 375 g/mol. The van der Waals surface area contributed by atoms with Crippen molar-refractivity contribution in [3.8, 4) is 0 Å². The lowest BCUT2D eigenvalue weighted by molar-refractivity contribution is 0.219. The van der Waals surface area contributed by atoms with Crippen LogP contribution in [-0.2, 0) is 6.54 Å². The van der Waals surface area contributed by atoms with Crippen molar-refractivity contribution in [1.82, 2.24) is 29.9 Å². The highest BCUT2D eigenvalue weighted by Crippen LogP contribution is 2.26. The Bertz CT molecular complexity index is 1100. The molecule has 0 unspecified atom stereocenters. The number of fused-ring (bicyclic) bond motifs is 2. The van der Waals surface area contributed by atoms with Crippen molar-refractivity contribution in [3.05, 3.63) is 42.2 Å². The molecule has 0 bridgehead atoms. The number of aryl methyl sites for hydroxylation is 1. The molecular formula is C21H25N7. The third kappa shape index (κ3) is 3.22. The summed E-state index contributed by atoms with van der Waals surface area (Å²) >= 11 is 0. The molecule has 28 heavy (non-hydrogen) atoms. The van der Waals surface area contributed by atoms with Gasteiger partial charge in [-0.15, -0.1) is 0 Å². The van der Waals surface area contributed by atoms with E-state index in [9.17, 15) is 0 Å². The van der Waals surface area contributed by atoms with Gasteiger partial charge >= 0.3 is 0 Å². The minimum Gasteiger partial charge on any atom is -0.337 e. The standard InChI is InChI=1S/C21H25N7/c1-15-17-14-16(23-21-20-18(24-25-21)6-5-9-22-20)7-8-19(17)28(26-15)13-12-27-10-3-2-4-11-27/h5-9,14H,2-4,10-13H2,1H3,(H2,23,24,25). The zero-order chi connectivity index (χ0) is 18.9. The summed E-state index contributed by atoms with van der Waals surface area (Å²) in [5.74, 6) is 0.741. The highest BCUT2D eigenvalue weighted by atomic mass is 15.3. The van der Waals surface area contributed by atoms with E-state index < -0.39 is 0 Å². The van der Waals surface area contributed by atoms with Gasteiger partial charge in [-0.2, -0.15) is 10.2 Å². The topological polar surface area (TPSA) is 74.7 Å². The van der Waals surface area contributed by atoms with Crippen molar-refractivity contribution in [2.75, 3.05) is 25.0 Å². The zero-order valence-corrected chi connectivity index (χ0v) is 16.1. The molecule has 0 saturated carbocycles. The Hall–Kier alpha value is -2.93. The molecule has 144 valence electrons. The highest BCUT2D eigenvalue weighted by molar-refractivity contribution is 5.90. The summed E-state index contributed by atoms with van der Waals surface area (Å²) < 4.78 is 2.15. The Morgan fingerprint density at radius 3 is 2.89 bits per heavy atom. The van der Waals surface area contributed by atoms with E-state index in [0.717, 1.165) is 41.3 Å². The molecule has 0 atom stereocenters. The van der Waals surface area contributed by atoms with Crippen LogP contribution in [0.5, 0.6) is 0 Å². The number of aromatic nitrogens is 5. The first-order valence-electron chi connectivity index (χ1n) is 10.0. The molecular weight excluding hydrogens is 350 g/mol. The quantitative estimate of drug-likeness (QED) is 0.554. The smallest absolute Gasteiger partial charge is 0.178 e. The van der Waals surface area contributed by atoms with Crippen LogP contribution >= 0.6 is 0 Å². The minimum absolute atomic E-state index is 0.741. The van der Waals surface area contributed by atoms with E-state index in [2.05, 4.69) is 55.2 Å². The van der Waals surface area contributed by atoms with E-state index >= 15 is 0 Å². The van der Waals surface area contributed by atoms with Gasteiger partial charge in [-0.1, -0.05) is 6.42 Å². The molecule has 1 saturated heterocycles. The van der Waals surface area contributed by atoms with Crippen LogP contribution in [0.4, 0.5) is 11.5 Å². The van der Waals surface area contributed by atoms with Crippen LogP contribution in [0, 0.1) is 6.92 Å². The van der Waals surface area contributed by atoms with E-state index in [1.54, 1.807) is 6.20 Å². The summed E-state index contributed by atoms with van der Waals surface area (Å²) in [6.45, 7) is 6.52. The van der Waals surface area contributed by atoms with Gasteiger partial charge in [0, 0.05) is 23.8 Å². The van der Waals surface area contributed by atoms with Gasteiger partial charge in [-0.05, 0) is 63.2 Å². The molecule has 7 nitrogen and oxygen atoms in total. The number of aromatic amines is 1. The van der Waals surface area contributed by atoms with Gasteiger partial charge in [0.2, 0.25) is 0 Å². The van der Waals surface area contributed by atoms with Crippen LogP contribution in [0.1, 0.15) is 25.0 Å². The van der Waals surface area contributed by atoms with Crippen LogP contribution in [0.15, 0.2) is 36.5 Å². The zero-order valence-electron chi connectivity index (χ0n) is 16.1. The Kier molecular flexibility index (Phi) is 4.44. The second-order valence-corrected chi connectivity index (χ2v) is 7.54. The summed E-state index contributed by atoms with van der Waals surface area (Å²) in [5, 5.41) is 16.7. The summed E-state index contributed by atoms with van der Waals surface area (Å²) in [6.07, 6.45) is 5.80. The minimum atomic E-state index is 0.741. The summed E-state index contributed by atoms with van der Waals surface area (Å²) in [7, 11) is 0. The summed E-state index contributed by atoms with van der Waals surface area (Å²) in [6, 6.07) is 10.3. The SMILES string of the molecule is Cc1nn(CCN2CCCCC2)c2ccc(Nc3n[nH]c4cccnc34)cc12. The van der Waals surface area contributed by atoms with E-state index in [0.29, 0.717) is 0 Å². The third-order valence-corrected chi connectivity index (χ3v) is 5.59. The van der Waals surface area contributed by atoms with Crippen LogP contribution in [0.3, 0.4) is 0 Å². The average Bonchev–Trinajstić information content (AvgIpc) is 3.28. The van der Waals surface area contributed by atoms with Crippen molar-refractivity contribution < 1.29 is 0 Å². The lowest BCUT2D eigenvalue weighted by Gasteiger charge is -2.26. The molecule has 7 heteroatoms. The average molecular weight is 375 g/mol. The van der Waals surface area contributed by atoms with Crippen molar-refractivity contribution in [2.24, 2.45) is 0 Å². The molecule has 0 amide bonds. The van der Waals surface area contributed by atoms with Crippen LogP contribution in [-0.4, -0.2) is 49.5 Å². The normalized spacial score (nSPS) is 15.5. The van der Waals surface area contributed by atoms with Gasteiger partial charge in [0.15, 0.2) is 5.82 Å². The van der Waals surface area contributed by atoms with Gasteiger partial charge in [-0.3, -0.25) is 14.8 Å². The maximum absolute atomic E-state index is 4.79. The number of pyridine rings is 1. The van der Waals surface area contributed by atoms with Crippen molar-refractivity contribution in [3.63, 3.8) is 0 Å². The van der Waals surface area contributed by atoms with Gasteiger partial charge in [0.05, 0.1) is 23.3 Å². The first kappa shape index (κ1) is 17.2. The van der Waals surface area contributed by atoms with Crippen LogP contribution in [0.2, 0.25) is 0 Å². The fourth-order valence-electron chi connectivity index (χ4n) is 4.08. The molecule has 4 heterocycles. The maximum atomic E-state index is 4.79. The number of nitrogens with one attached hydrogen (secondary N) is 2. The number of hydrogen-bond acceptors (Lipinski definition) is 5. The first-order chi connectivity index (χ1) is 13.8. The molecule has 1 aliphatic heterocycles. The molecule has 0 spiro atoms. The number of piperidine rings is 1. The predicted molar refractivity (Wildman–Crippen MR) is 112 cm³/mol. The molecule has 4 aromatic rings. The van der Waals surface area contributed by atoms with Gasteiger partial charge in [0.25, 0.3) is 0 Å². The second kappa shape index (κ2) is 7.24. The van der Waals surface area contributed by atoms with E-state index in [1.165, 1.54) is 43.3 Å². The van der Waals surface area contributed by atoms with Gasteiger partial charge in [-0.25, -0.2) is 0 Å². The summed E-state index contributed by atoms with van der Waals surface area (Å²) in [4.78, 5) is 6.97. The molecule has 1 aromatic carbocycles. The number of anilines is 2. The number of rotatable bonds is 5. The Morgan fingerprint density at radius 1 is 1.11 bits per heavy atom. The molecule has 2 N–H and O–H groups in total. The summed E-state index contributed by atoms with van der Waals surface area (Å²) in [5.41, 5.74) is 5.00. The van der Waals surface area contributed by atoms with Crippen molar-refractivity contribution in [2.45, 2.75) is 32.7 Å². The molecule has 1 fully saturated rings. The fraction of sp³-hybridized carbons (Fsp3) is 0.381. The number of nitrogens with zero attached hydrogens (tertiary/aromatic N) is 5. The highest BCUT2D eigenvalue weighted by Gasteiger charge is 2.13. The van der Waals surface area contributed by atoms with Crippen molar-refractivity contribution in [1.29, 1.82) is 0 Å². The third-order valence-electron chi connectivity index (χ3n) is 5.59. The first-order valence-corrected chi connectivity index (χ1v) is 10.0. The van der Waals surface area contributed by atoms with E-state index in [-0.39, 0.29) is 0 Å². The molecule has 5 rings (SSSR count). The number of H-pyrrole nitrogens is 1. The van der Waals surface area contributed by atoms with Crippen molar-refractivity contribution >= 4 is 33.4 Å². The van der Waals surface area contributed by atoms with Gasteiger partial charge in [0.1, 0.15) is 5.52 Å². The lowest BCUT2D eigenvalue weighted by Crippen LogP contribution is -2.32. The van der Waals surface area contributed by atoms with Crippen LogP contribution < -0.4 is 5.32 Å². The Morgan fingerprint density at radius 2 is 2.00 bits per heavy atom. The molecule has 3 aromatic heterocycles. The molecule has 0 aliphatic carbocycles. The Balaban J connectivity index is 1.38. The van der Waals surface area contributed by atoms with Gasteiger partial charge < -0.3 is 10.2 Å². The lowest BCUT2D eigenvalue weighted by atomic mass is 10.1. The second-order valence-electron chi connectivity index (χ2n) is 7.54. The molecule has 1 aliphatic rings.